The van der Waals surface area contributed by atoms with Gasteiger partial charge in [-0.1, -0.05) is 0 Å². The number of hydrogen-bond acceptors (Lipinski definition) is 6. The lowest BCUT2D eigenvalue weighted by molar-refractivity contribution is -0.142. The lowest BCUT2D eigenvalue weighted by atomic mass is 10.2. The predicted molar refractivity (Wildman–Crippen MR) is 64.3 cm³/mol. The van der Waals surface area contributed by atoms with Gasteiger partial charge >= 0.3 is 5.97 Å². The average Bonchev–Trinajstić information content (AvgIpc) is 2.64. The van der Waals surface area contributed by atoms with Crippen molar-refractivity contribution in [1.82, 2.24) is 4.90 Å². The fraction of sp³-hybridized carbons (Fsp3) is 0.900. The van der Waals surface area contributed by atoms with Crippen molar-refractivity contribution in [2.24, 2.45) is 5.73 Å². The Bertz CT molecular complexity index is 369. The molecule has 1 rings (SSSR count). The summed E-state index contributed by atoms with van der Waals surface area (Å²) >= 11 is 0. The van der Waals surface area contributed by atoms with Crippen LogP contribution in [0.4, 0.5) is 0 Å². The Hall–Kier alpha value is -0.660. The van der Waals surface area contributed by atoms with E-state index < -0.39 is 21.8 Å². The molecule has 1 aliphatic heterocycles. The largest absolute Gasteiger partial charge is 0.468 e. The van der Waals surface area contributed by atoms with Gasteiger partial charge in [-0.15, -0.1) is 0 Å². The van der Waals surface area contributed by atoms with Crippen molar-refractivity contribution in [1.29, 1.82) is 0 Å². The van der Waals surface area contributed by atoms with Crippen molar-refractivity contribution < 1.29 is 17.9 Å². The second-order valence-electron chi connectivity index (χ2n) is 4.46. The predicted octanol–water partition coefficient (Wildman–Crippen LogP) is -1.00. The van der Waals surface area contributed by atoms with Crippen LogP contribution in [0.2, 0.25) is 0 Å². The molecule has 0 aromatic carbocycles. The van der Waals surface area contributed by atoms with Crippen LogP contribution >= 0.6 is 0 Å². The van der Waals surface area contributed by atoms with Crippen molar-refractivity contribution >= 4 is 15.8 Å². The lowest BCUT2D eigenvalue weighted by Crippen LogP contribution is -2.39. The molecule has 6 nitrogen and oxygen atoms in total. The molecule has 0 aliphatic carbocycles. The Kier molecular flexibility index (Phi) is 4.91. The Morgan fingerprint density at radius 2 is 2.24 bits per heavy atom. The lowest BCUT2D eigenvalue weighted by Gasteiger charge is -2.23. The summed E-state index contributed by atoms with van der Waals surface area (Å²) in [7, 11) is 0.293. The molecule has 0 spiro atoms. The molecule has 2 unspecified atom stereocenters. The third-order valence-electron chi connectivity index (χ3n) is 3.13. The maximum absolute atomic E-state index is 11.3. The molecule has 1 saturated heterocycles. The van der Waals surface area contributed by atoms with E-state index in [-0.39, 0.29) is 17.5 Å². The summed E-state index contributed by atoms with van der Waals surface area (Å²) in [6.07, 6.45) is 1.13. The Morgan fingerprint density at radius 3 is 2.71 bits per heavy atom. The number of hydrogen-bond donors (Lipinski definition) is 1. The topological polar surface area (TPSA) is 89.7 Å². The van der Waals surface area contributed by atoms with E-state index in [2.05, 4.69) is 4.74 Å². The molecule has 1 heterocycles. The highest BCUT2D eigenvalue weighted by atomic mass is 32.2. The van der Waals surface area contributed by atoms with Crippen molar-refractivity contribution in [2.75, 3.05) is 32.2 Å². The first-order chi connectivity index (χ1) is 7.85. The molecule has 1 aliphatic rings. The minimum atomic E-state index is -2.86. The number of sulfone groups is 1. The number of esters is 1. The molecule has 0 radical (unpaired) electrons. The summed E-state index contributed by atoms with van der Waals surface area (Å²) in [4.78, 5) is 13.0. The number of nitrogens with zero attached hydrogens (tertiary/aromatic N) is 1. The van der Waals surface area contributed by atoms with Gasteiger partial charge in [0.1, 0.15) is 6.04 Å². The van der Waals surface area contributed by atoms with Gasteiger partial charge in [0.05, 0.1) is 18.6 Å². The summed E-state index contributed by atoms with van der Waals surface area (Å²) in [6.45, 7) is 0.594. The summed E-state index contributed by atoms with van der Waals surface area (Å²) in [5.41, 5.74) is 5.61. The summed E-state index contributed by atoms with van der Waals surface area (Å²) < 4.78 is 27.1. The standard InChI is InChI=1S/C10H20N2O4S/c1-12(5-3-9(11)10(13)16-2)8-4-6-17(14,15)7-8/h8-9H,3-7,11H2,1-2H3. The Labute approximate surface area is 102 Å². The molecule has 100 valence electrons. The number of carbonyl (C=O) groups is 1. The van der Waals surface area contributed by atoms with Gasteiger partial charge in [-0.05, 0) is 19.9 Å². The van der Waals surface area contributed by atoms with Crippen LogP contribution in [0.1, 0.15) is 12.8 Å². The molecule has 1 fully saturated rings. The molecule has 0 aromatic heterocycles. The van der Waals surface area contributed by atoms with Gasteiger partial charge in [0, 0.05) is 12.6 Å². The summed E-state index contributed by atoms with van der Waals surface area (Å²) in [6, 6.07) is -0.592. The molecule has 7 heteroatoms. The number of ether oxygens (including phenoxy) is 1. The van der Waals surface area contributed by atoms with Gasteiger partial charge < -0.3 is 15.4 Å². The first kappa shape index (κ1) is 14.4. The first-order valence-corrected chi connectivity index (χ1v) is 7.42. The maximum atomic E-state index is 11.3. The van der Waals surface area contributed by atoms with Crippen molar-refractivity contribution in [3.63, 3.8) is 0 Å². The zero-order valence-corrected chi connectivity index (χ0v) is 11.1. The third-order valence-corrected chi connectivity index (χ3v) is 4.88. The smallest absolute Gasteiger partial charge is 0.322 e. The summed E-state index contributed by atoms with van der Waals surface area (Å²) in [5.74, 6) is 0.0274. The first-order valence-electron chi connectivity index (χ1n) is 5.60. The molecule has 17 heavy (non-hydrogen) atoms. The summed E-state index contributed by atoms with van der Waals surface area (Å²) in [5, 5.41) is 0. The second kappa shape index (κ2) is 5.79. The molecular weight excluding hydrogens is 244 g/mol. The molecule has 0 bridgehead atoms. The molecule has 0 aromatic rings. The molecule has 2 atom stereocenters. The van der Waals surface area contributed by atoms with Crippen LogP contribution in [0.5, 0.6) is 0 Å². The number of methoxy groups -OCH3 is 1. The van der Waals surface area contributed by atoms with Gasteiger partial charge in [0.15, 0.2) is 9.84 Å². The zero-order chi connectivity index (χ0) is 13.1. The van der Waals surface area contributed by atoms with E-state index in [1.54, 1.807) is 0 Å². The number of carbonyl (C=O) groups excluding carboxylic acids is 1. The van der Waals surface area contributed by atoms with Gasteiger partial charge in [-0.25, -0.2) is 8.42 Å². The van der Waals surface area contributed by atoms with Crippen LogP contribution in [-0.4, -0.2) is 63.6 Å². The highest BCUT2D eigenvalue weighted by Gasteiger charge is 2.30. The van der Waals surface area contributed by atoms with Crippen LogP contribution in [0, 0.1) is 0 Å². The van der Waals surface area contributed by atoms with E-state index in [9.17, 15) is 13.2 Å². The number of nitrogens with two attached hydrogens (primary N) is 1. The second-order valence-corrected chi connectivity index (χ2v) is 6.68. The van der Waals surface area contributed by atoms with E-state index in [4.69, 9.17) is 5.73 Å². The van der Waals surface area contributed by atoms with Gasteiger partial charge in [-0.2, -0.15) is 0 Å². The fourth-order valence-corrected chi connectivity index (χ4v) is 3.72. The monoisotopic (exact) mass is 264 g/mol. The normalized spacial score (nSPS) is 24.8. The minimum absolute atomic E-state index is 0.0462. The van der Waals surface area contributed by atoms with Crippen LogP contribution in [-0.2, 0) is 19.4 Å². The Balaban J connectivity index is 2.36. The fourth-order valence-electron chi connectivity index (χ4n) is 1.92. The van der Waals surface area contributed by atoms with Crippen molar-refractivity contribution in [2.45, 2.75) is 24.9 Å². The van der Waals surface area contributed by atoms with E-state index >= 15 is 0 Å². The van der Waals surface area contributed by atoms with Crippen LogP contribution in [0.15, 0.2) is 0 Å². The van der Waals surface area contributed by atoms with Gasteiger partial charge in [0.25, 0.3) is 0 Å². The van der Waals surface area contributed by atoms with E-state index in [1.165, 1.54) is 7.11 Å². The molecule has 2 N–H and O–H groups in total. The molecule has 0 saturated carbocycles. The van der Waals surface area contributed by atoms with E-state index in [0.717, 1.165) is 0 Å². The maximum Gasteiger partial charge on any atom is 0.322 e. The molecular formula is C10H20N2O4S. The average molecular weight is 264 g/mol. The number of rotatable bonds is 5. The highest BCUT2D eigenvalue weighted by molar-refractivity contribution is 7.91. The zero-order valence-electron chi connectivity index (χ0n) is 10.3. The Morgan fingerprint density at radius 1 is 1.59 bits per heavy atom. The van der Waals surface area contributed by atoms with E-state index in [1.807, 2.05) is 11.9 Å². The molecule has 0 amide bonds. The quantitative estimate of drug-likeness (QED) is 0.640. The minimum Gasteiger partial charge on any atom is -0.468 e. The van der Waals surface area contributed by atoms with Crippen molar-refractivity contribution in [3.05, 3.63) is 0 Å². The van der Waals surface area contributed by atoms with Crippen LogP contribution < -0.4 is 5.73 Å². The van der Waals surface area contributed by atoms with Gasteiger partial charge in [0.2, 0.25) is 0 Å². The van der Waals surface area contributed by atoms with Gasteiger partial charge in [-0.3, -0.25) is 4.79 Å². The highest BCUT2D eigenvalue weighted by Crippen LogP contribution is 2.16. The van der Waals surface area contributed by atoms with E-state index in [0.29, 0.717) is 19.4 Å². The van der Waals surface area contributed by atoms with Crippen LogP contribution in [0.3, 0.4) is 0 Å². The third kappa shape index (κ3) is 4.25. The van der Waals surface area contributed by atoms with Crippen molar-refractivity contribution in [3.8, 4) is 0 Å². The van der Waals surface area contributed by atoms with Crippen LogP contribution in [0.25, 0.3) is 0 Å². The SMILES string of the molecule is COC(=O)C(N)CCN(C)C1CCS(=O)(=O)C1.